The Bertz CT molecular complexity index is 149. The standard InChI is InChI=1S/2C6H12/c2*1-3-5-6-4-2/h2*3,5H,4,6H2,1-2H3/b5-3+;5-3-/i2*5D. The van der Waals surface area contributed by atoms with Gasteiger partial charge in [-0.1, -0.05) is 50.9 Å². The molecule has 0 radical (unpaired) electrons. The van der Waals surface area contributed by atoms with Gasteiger partial charge in [0, 0.05) is 0 Å². The van der Waals surface area contributed by atoms with Crippen molar-refractivity contribution in [2.45, 2.75) is 53.4 Å². The predicted molar refractivity (Wildman–Crippen MR) is 59.4 cm³/mol. The van der Waals surface area contributed by atoms with Crippen molar-refractivity contribution in [1.82, 2.24) is 0 Å². The Morgan fingerprint density at radius 2 is 1.25 bits per heavy atom. The molecular formula is C12H24. The van der Waals surface area contributed by atoms with Gasteiger partial charge >= 0.3 is 0 Å². The van der Waals surface area contributed by atoms with Crippen LogP contribution in [0.25, 0.3) is 0 Å². The smallest absolute Gasteiger partial charge is 0.0572 e. The molecule has 0 aliphatic carbocycles. The Morgan fingerprint density at radius 1 is 0.917 bits per heavy atom. The number of hydrogen-bond donors (Lipinski definition) is 0. The molecule has 0 atom stereocenters. The molecule has 72 valence electrons. The maximum Gasteiger partial charge on any atom is 0.0572 e. The molecule has 0 spiro atoms. The van der Waals surface area contributed by atoms with E-state index < -0.39 is 0 Å². The molecule has 0 bridgehead atoms. The molecule has 0 unspecified atom stereocenters. The van der Waals surface area contributed by atoms with E-state index in [9.17, 15) is 0 Å². The van der Waals surface area contributed by atoms with Crippen molar-refractivity contribution in [3.63, 3.8) is 0 Å². The van der Waals surface area contributed by atoms with Crippen molar-refractivity contribution >= 4 is 0 Å². The highest BCUT2D eigenvalue weighted by Crippen LogP contribution is 1.85. The Balaban J connectivity index is 0. The molecule has 0 heterocycles. The molecule has 0 amide bonds. The Morgan fingerprint density at radius 3 is 1.33 bits per heavy atom. The molecule has 0 saturated heterocycles. The SMILES string of the molecule is [2H]/C(=C/C)CCC.[2H]/C(=C\C)CCC. The van der Waals surface area contributed by atoms with Crippen molar-refractivity contribution in [3.8, 4) is 0 Å². The quantitative estimate of drug-likeness (QED) is 0.535. The first-order valence-electron chi connectivity index (χ1n) is 5.85. The van der Waals surface area contributed by atoms with Crippen LogP contribution in [0.3, 0.4) is 0 Å². The fourth-order valence-corrected chi connectivity index (χ4v) is 0.577. The molecule has 0 aliphatic heterocycles. The summed E-state index contributed by atoms with van der Waals surface area (Å²) in [6, 6.07) is 1.50. The van der Waals surface area contributed by atoms with Crippen molar-refractivity contribution in [3.05, 3.63) is 24.3 Å². The number of allylic oxidation sites excluding steroid dienone is 4. The third-order valence-corrected chi connectivity index (χ3v) is 1.20. The molecule has 0 aromatic carbocycles. The molecule has 0 rings (SSSR count). The molecule has 0 saturated carbocycles. The highest BCUT2D eigenvalue weighted by molar-refractivity contribution is 4.75. The number of rotatable bonds is 4. The first kappa shape index (κ1) is 9.57. The van der Waals surface area contributed by atoms with E-state index in [1.807, 2.05) is 26.0 Å². The molecule has 12 heavy (non-hydrogen) atoms. The van der Waals surface area contributed by atoms with Crippen molar-refractivity contribution < 1.29 is 2.74 Å². The lowest BCUT2D eigenvalue weighted by Crippen LogP contribution is -1.55. The first-order valence-corrected chi connectivity index (χ1v) is 4.85. The van der Waals surface area contributed by atoms with Gasteiger partial charge in [-0.3, -0.25) is 0 Å². The van der Waals surface area contributed by atoms with Crippen molar-refractivity contribution in [2.75, 3.05) is 0 Å². The zero-order chi connectivity index (χ0) is 11.4. The largest absolute Gasteiger partial charge is 0.0917 e. The first-order chi connectivity index (χ1) is 6.62. The van der Waals surface area contributed by atoms with Crippen molar-refractivity contribution in [2.24, 2.45) is 0 Å². The van der Waals surface area contributed by atoms with Crippen LogP contribution in [0, 0.1) is 0 Å². The van der Waals surface area contributed by atoms with Crippen LogP contribution >= 0.6 is 0 Å². The summed E-state index contributed by atoms with van der Waals surface area (Å²) in [5.74, 6) is 0. The second-order valence-corrected chi connectivity index (χ2v) is 2.49. The van der Waals surface area contributed by atoms with Crippen LogP contribution in [0.4, 0.5) is 0 Å². The zero-order valence-electron chi connectivity index (χ0n) is 11.0. The fraction of sp³-hybridized carbons (Fsp3) is 0.667. The summed E-state index contributed by atoms with van der Waals surface area (Å²) in [4.78, 5) is 0. The molecule has 0 fully saturated rings. The number of hydrogen-bond acceptors (Lipinski definition) is 0. The van der Waals surface area contributed by atoms with E-state index in [0.717, 1.165) is 37.8 Å². The van der Waals surface area contributed by atoms with Gasteiger partial charge in [-0.15, -0.1) is 0 Å². The molecule has 0 heteroatoms. The summed E-state index contributed by atoms with van der Waals surface area (Å²) in [5.41, 5.74) is 0. The Labute approximate surface area is 81.2 Å². The van der Waals surface area contributed by atoms with Crippen LogP contribution in [-0.4, -0.2) is 0 Å². The second kappa shape index (κ2) is 16.8. The highest BCUT2D eigenvalue weighted by atomic mass is 13.7. The highest BCUT2D eigenvalue weighted by Gasteiger charge is 1.65. The molecule has 0 nitrogen and oxygen atoms in total. The molecule has 0 aromatic heterocycles. The van der Waals surface area contributed by atoms with Gasteiger partial charge in [-0.2, -0.15) is 0 Å². The summed E-state index contributed by atoms with van der Waals surface area (Å²) in [6.07, 6.45) is 7.70. The van der Waals surface area contributed by atoms with Crippen LogP contribution in [0.2, 0.25) is 0 Å². The van der Waals surface area contributed by atoms with Crippen LogP contribution < -0.4 is 0 Å². The lowest BCUT2D eigenvalue weighted by molar-refractivity contribution is 0.957. The maximum atomic E-state index is 7.08. The van der Waals surface area contributed by atoms with Gasteiger partial charge < -0.3 is 0 Å². The predicted octanol–water partition coefficient (Wildman–Crippen LogP) is 4.73. The van der Waals surface area contributed by atoms with E-state index in [1.165, 1.54) is 0 Å². The summed E-state index contributed by atoms with van der Waals surface area (Å²) < 4.78 is 14.2. The minimum absolute atomic E-state index is 0.752. The van der Waals surface area contributed by atoms with E-state index in [4.69, 9.17) is 2.74 Å². The van der Waals surface area contributed by atoms with Crippen LogP contribution in [0.15, 0.2) is 24.3 Å². The van der Waals surface area contributed by atoms with Gasteiger partial charge in [0.05, 0.1) is 2.74 Å². The van der Waals surface area contributed by atoms with Crippen molar-refractivity contribution in [1.29, 1.82) is 0 Å². The molecule has 0 aliphatic rings. The normalized spacial score (nSPS) is 14.3. The van der Waals surface area contributed by atoms with Crippen LogP contribution in [0.5, 0.6) is 0 Å². The molecular weight excluding hydrogens is 144 g/mol. The summed E-state index contributed by atoms with van der Waals surface area (Å²) in [7, 11) is 0. The minimum atomic E-state index is 0.752. The topological polar surface area (TPSA) is 0 Å². The summed E-state index contributed by atoms with van der Waals surface area (Å²) in [6.45, 7) is 7.96. The van der Waals surface area contributed by atoms with Gasteiger partial charge in [0.2, 0.25) is 0 Å². The van der Waals surface area contributed by atoms with E-state index in [2.05, 4.69) is 13.8 Å². The Hall–Kier alpha value is -0.520. The molecule has 0 aromatic rings. The van der Waals surface area contributed by atoms with Gasteiger partial charge in [0.1, 0.15) is 0 Å². The van der Waals surface area contributed by atoms with Gasteiger partial charge in [-0.25, -0.2) is 0 Å². The van der Waals surface area contributed by atoms with Gasteiger partial charge in [-0.05, 0) is 26.7 Å². The lowest BCUT2D eigenvalue weighted by atomic mass is 10.3. The summed E-state index contributed by atoms with van der Waals surface area (Å²) >= 11 is 0. The van der Waals surface area contributed by atoms with E-state index >= 15 is 0 Å². The van der Waals surface area contributed by atoms with E-state index in [0.29, 0.717) is 0 Å². The maximum absolute atomic E-state index is 7.08. The van der Waals surface area contributed by atoms with Crippen LogP contribution in [-0.2, 0) is 0 Å². The molecule has 0 N–H and O–H groups in total. The monoisotopic (exact) mass is 170 g/mol. The third kappa shape index (κ3) is 22.7. The van der Waals surface area contributed by atoms with Gasteiger partial charge in [0.25, 0.3) is 0 Å². The second-order valence-electron chi connectivity index (χ2n) is 2.49. The van der Waals surface area contributed by atoms with Gasteiger partial charge in [0.15, 0.2) is 0 Å². The minimum Gasteiger partial charge on any atom is -0.0917 e. The third-order valence-electron chi connectivity index (χ3n) is 1.20. The fourth-order valence-electron chi connectivity index (χ4n) is 0.577. The average Bonchev–Trinajstić information content (AvgIpc) is 2.19. The Kier molecular flexibility index (Phi) is 13.4. The average molecular weight is 170 g/mol. The van der Waals surface area contributed by atoms with E-state index in [-0.39, 0.29) is 0 Å². The summed E-state index contributed by atoms with van der Waals surface area (Å²) in [5, 5.41) is 0. The van der Waals surface area contributed by atoms with Crippen LogP contribution in [0.1, 0.15) is 56.1 Å². The van der Waals surface area contributed by atoms with E-state index in [1.54, 1.807) is 0 Å². The lowest BCUT2D eigenvalue weighted by Gasteiger charge is -1.76. The zero-order valence-corrected chi connectivity index (χ0v) is 8.98.